The zero-order chi connectivity index (χ0) is 17.6. The van der Waals surface area contributed by atoms with Gasteiger partial charge in [0.1, 0.15) is 0 Å². The smallest absolute Gasteiger partial charge is 0.251 e. The molecule has 0 spiro atoms. The first kappa shape index (κ1) is 18.4. The molecule has 1 fully saturated rings. The van der Waals surface area contributed by atoms with Crippen LogP contribution in [-0.2, 0) is 4.74 Å². The van der Waals surface area contributed by atoms with E-state index in [4.69, 9.17) is 4.74 Å². The molecule has 132 valence electrons. The van der Waals surface area contributed by atoms with Gasteiger partial charge in [0.05, 0.1) is 19.3 Å². The fraction of sp³-hybridized carbons (Fsp3) is 0.350. The summed E-state index contributed by atoms with van der Waals surface area (Å²) < 4.78 is 6.56. The quantitative estimate of drug-likeness (QED) is 0.711. The molecule has 0 aliphatic carbocycles. The number of halogens is 1. The molecule has 1 heterocycles. The summed E-state index contributed by atoms with van der Waals surface area (Å²) in [4.78, 5) is 15.0. The zero-order valence-corrected chi connectivity index (χ0v) is 16.5. The number of nitrogens with zero attached hydrogens (tertiary/aromatic N) is 1. The highest BCUT2D eigenvalue weighted by molar-refractivity contribution is 14.1. The SMILES string of the molecule is Cc1ccc([C@@H](CN2CCOCC2)NC(=O)c2ccc(I)cc2)cc1. The number of amides is 1. The standard InChI is InChI=1S/C20H23IN2O2/c1-15-2-4-16(5-3-15)19(14-23-10-12-25-13-11-23)22-20(24)17-6-8-18(21)9-7-17/h2-9,19H,10-14H2,1H3,(H,22,24)/t19-/m1/s1. The topological polar surface area (TPSA) is 41.6 Å². The lowest BCUT2D eigenvalue weighted by Gasteiger charge is -2.31. The van der Waals surface area contributed by atoms with Crippen molar-refractivity contribution in [2.24, 2.45) is 0 Å². The number of morpholine rings is 1. The molecule has 1 aliphatic rings. The van der Waals surface area contributed by atoms with Crippen molar-refractivity contribution >= 4 is 28.5 Å². The van der Waals surface area contributed by atoms with Gasteiger partial charge < -0.3 is 10.1 Å². The number of rotatable bonds is 5. The van der Waals surface area contributed by atoms with Crippen LogP contribution in [0.25, 0.3) is 0 Å². The summed E-state index contributed by atoms with van der Waals surface area (Å²) in [6, 6.07) is 16.0. The second-order valence-corrected chi connectivity index (χ2v) is 7.60. The molecule has 1 aliphatic heterocycles. The summed E-state index contributed by atoms with van der Waals surface area (Å²) in [6.07, 6.45) is 0. The molecule has 4 nitrogen and oxygen atoms in total. The van der Waals surface area contributed by atoms with Crippen LogP contribution < -0.4 is 5.32 Å². The Hall–Kier alpha value is -1.44. The van der Waals surface area contributed by atoms with Gasteiger partial charge in [0.15, 0.2) is 0 Å². The van der Waals surface area contributed by atoms with E-state index >= 15 is 0 Å². The molecule has 1 amide bonds. The third kappa shape index (κ3) is 5.26. The first-order chi connectivity index (χ1) is 12.1. The molecule has 1 saturated heterocycles. The average Bonchev–Trinajstić information content (AvgIpc) is 2.63. The number of nitrogens with one attached hydrogen (secondary N) is 1. The fourth-order valence-electron chi connectivity index (χ4n) is 2.92. The number of carbonyl (C=O) groups excluding carboxylic acids is 1. The minimum Gasteiger partial charge on any atom is -0.379 e. The largest absolute Gasteiger partial charge is 0.379 e. The summed E-state index contributed by atoms with van der Waals surface area (Å²) in [5.41, 5.74) is 3.05. The summed E-state index contributed by atoms with van der Waals surface area (Å²) >= 11 is 2.24. The molecule has 3 rings (SSSR count). The van der Waals surface area contributed by atoms with Gasteiger partial charge >= 0.3 is 0 Å². The van der Waals surface area contributed by atoms with Crippen LogP contribution in [0, 0.1) is 10.5 Å². The summed E-state index contributed by atoms with van der Waals surface area (Å²) in [6.45, 7) is 6.19. The lowest BCUT2D eigenvalue weighted by atomic mass is 10.0. The van der Waals surface area contributed by atoms with E-state index in [0.29, 0.717) is 5.56 Å². The molecule has 1 N–H and O–H groups in total. The molecule has 0 aromatic heterocycles. The Morgan fingerprint density at radius 3 is 2.40 bits per heavy atom. The van der Waals surface area contributed by atoms with Crippen LogP contribution in [0.4, 0.5) is 0 Å². The number of hydrogen-bond acceptors (Lipinski definition) is 3. The molecule has 0 bridgehead atoms. The maximum Gasteiger partial charge on any atom is 0.251 e. The van der Waals surface area contributed by atoms with Crippen LogP contribution in [0.1, 0.15) is 27.5 Å². The van der Waals surface area contributed by atoms with Gasteiger partial charge in [-0.15, -0.1) is 0 Å². The summed E-state index contributed by atoms with van der Waals surface area (Å²) in [5, 5.41) is 3.21. The van der Waals surface area contributed by atoms with Gasteiger partial charge in [-0.05, 0) is 59.3 Å². The van der Waals surface area contributed by atoms with Crippen molar-refractivity contribution in [2.45, 2.75) is 13.0 Å². The van der Waals surface area contributed by atoms with Gasteiger partial charge in [-0.1, -0.05) is 29.8 Å². The van der Waals surface area contributed by atoms with Crippen LogP contribution >= 0.6 is 22.6 Å². The van der Waals surface area contributed by atoms with Crippen LogP contribution in [-0.4, -0.2) is 43.7 Å². The van der Waals surface area contributed by atoms with Gasteiger partial charge in [0, 0.05) is 28.8 Å². The van der Waals surface area contributed by atoms with Gasteiger partial charge in [-0.2, -0.15) is 0 Å². The maximum absolute atomic E-state index is 12.7. The van der Waals surface area contributed by atoms with E-state index in [0.717, 1.165) is 42.0 Å². The van der Waals surface area contributed by atoms with Crippen LogP contribution in [0.3, 0.4) is 0 Å². The van der Waals surface area contributed by atoms with E-state index in [9.17, 15) is 4.79 Å². The Labute approximate surface area is 162 Å². The van der Waals surface area contributed by atoms with Crippen molar-refractivity contribution in [2.75, 3.05) is 32.8 Å². The average molecular weight is 450 g/mol. The number of ether oxygens (including phenoxy) is 1. The van der Waals surface area contributed by atoms with Gasteiger partial charge in [-0.25, -0.2) is 0 Å². The molecule has 2 aromatic carbocycles. The second-order valence-electron chi connectivity index (χ2n) is 6.36. The molecule has 0 radical (unpaired) electrons. The van der Waals surface area contributed by atoms with Gasteiger partial charge in [-0.3, -0.25) is 9.69 Å². The van der Waals surface area contributed by atoms with Crippen molar-refractivity contribution in [3.05, 3.63) is 68.8 Å². The number of aryl methyl sites for hydroxylation is 1. The summed E-state index contributed by atoms with van der Waals surface area (Å²) in [5.74, 6) is -0.0322. The Morgan fingerprint density at radius 2 is 1.76 bits per heavy atom. The number of carbonyl (C=O) groups is 1. The molecule has 0 unspecified atom stereocenters. The first-order valence-electron chi connectivity index (χ1n) is 8.55. The van der Waals surface area contributed by atoms with Crippen molar-refractivity contribution in [1.29, 1.82) is 0 Å². The van der Waals surface area contributed by atoms with E-state index in [1.807, 2.05) is 24.3 Å². The van der Waals surface area contributed by atoms with Crippen molar-refractivity contribution in [3.63, 3.8) is 0 Å². The Balaban J connectivity index is 1.76. The maximum atomic E-state index is 12.7. The number of hydrogen-bond donors (Lipinski definition) is 1. The van der Waals surface area contributed by atoms with Crippen LogP contribution in [0.5, 0.6) is 0 Å². The molecule has 25 heavy (non-hydrogen) atoms. The lowest BCUT2D eigenvalue weighted by molar-refractivity contribution is 0.0332. The highest BCUT2D eigenvalue weighted by Gasteiger charge is 2.20. The van der Waals surface area contributed by atoms with Crippen LogP contribution in [0.2, 0.25) is 0 Å². The van der Waals surface area contributed by atoms with Crippen molar-refractivity contribution in [3.8, 4) is 0 Å². The van der Waals surface area contributed by atoms with Crippen LogP contribution in [0.15, 0.2) is 48.5 Å². The Bertz CT molecular complexity index is 695. The third-order valence-corrected chi connectivity index (χ3v) is 5.16. The van der Waals surface area contributed by atoms with E-state index in [1.165, 1.54) is 5.56 Å². The number of benzene rings is 2. The highest BCUT2D eigenvalue weighted by Crippen LogP contribution is 2.18. The predicted octanol–water partition coefficient (Wildman–Crippen LogP) is 3.40. The molecular weight excluding hydrogens is 427 g/mol. The zero-order valence-electron chi connectivity index (χ0n) is 14.4. The molecule has 5 heteroatoms. The third-order valence-electron chi connectivity index (χ3n) is 4.44. The summed E-state index contributed by atoms with van der Waals surface area (Å²) in [7, 11) is 0. The molecular formula is C20H23IN2O2. The van der Waals surface area contributed by atoms with Crippen molar-refractivity contribution < 1.29 is 9.53 Å². The minimum absolute atomic E-state index is 0.0322. The molecule has 2 aromatic rings. The Morgan fingerprint density at radius 1 is 1.12 bits per heavy atom. The fourth-order valence-corrected chi connectivity index (χ4v) is 3.28. The molecule has 1 atom stereocenters. The predicted molar refractivity (Wildman–Crippen MR) is 108 cm³/mol. The van der Waals surface area contributed by atoms with Gasteiger partial charge in [0.2, 0.25) is 0 Å². The molecule has 0 saturated carbocycles. The van der Waals surface area contributed by atoms with Gasteiger partial charge in [0.25, 0.3) is 5.91 Å². The normalized spacial score (nSPS) is 16.4. The lowest BCUT2D eigenvalue weighted by Crippen LogP contribution is -2.43. The van der Waals surface area contributed by atoms with E-state index < -0.39 is 0 Å². The highest BCUT2D eigenvalue weighted by atomic mass is 127. The van der Waals surface area contributed by atoms with E-state index in [1.54, 1.807) is 0 Å². The second kappa shape index (κ2) is 8.78. The monoisotopic (exact) mass is 450 g/mol. The van der Waals surface area contributed by atoms with E-state index in [2.05, 4.69) is 64.0 Å². The minimum atomic E-state index is -0.0366. The van der Waals surface area contributed by atoms with Crippen molar-refractivity contribution in [1.82, 2.24) is 10.2 Å². The Kier molecular flexibility index (Phi) is 6.45. The first-order valence-corrected chi connectivity index (χ1v) is 9.63. The van der Waals surface area contributed by atoms with E-state index in [-0.39, 0.29) is 11.9 Å².